The third-order valence-corrected chi connectivity index (χ3v) is 2.10. The smallest absolute Gasteiger partial charge is 0.154 e. The summed E-state index contributed by atoms with van der Waals surface area (Å²) in [6, 6.07) is 9.97. The molecule has 0 unspecified atom stereocenters. The lowest BCUT2D eigenvalue weighted by atomic mass is 10.1. The van der Waals surface area contributed by atoms with Crippen LogP contribution in [0.1, 0.15) is 25.3 Å². The molecular formula is C14H16O. The summed E-state index contributed by atoms with van der Waals surface area (Å²) in [6.45, 7) is 2.11. The van der Waals surface area contributed by atoms with Crippen molar-refractivity contribution in [3.05, 3.63) is 53.3 Å². The highest BCUT2D eigenvalue weighted by Gasteiger charge is 1.95. The van der Waals surface area contributed by atoms with Crippen LogP contribution in [-0.2, 0) is 11.2 Å². The predicted octanol–water partition coefficient (Wildman–Crippen LogP) is 3.31. The van der Waals surface area contributed by atoms with Crippen molar-refractivity contribution in [1.82, 2.24) is 0 Å². The molecule has 0 bridgehead atoms. The van der Waals surface area contributed by atoms with Crippen LogP contribution in [0.3, 0.4) is 0 Å². The van der Waals surface area contributed by atoms with Gasteiger partial charge in [0.1, 0.15) is 0 Å². The van der Waals surface area contributed by atoms with Crippen LogP contribution in [0.5, 0.6) is 0 Å². The van der Waals surface area contributed by atoms with Crippen molar-refractivity contribution in [2.45, 2.75) is 26.2 Å². The maximum atomic E-state index is 10.8. The van der Waals surface area contributed by atoms with Gasteiger partial charge in [-0.15, -0.1) is 5.73 Å². The Morgan fingerprint density at radius 1 is 1.33 bits per heavy atom. The molecule has 0 fully saturated rings. The fourth-order valence-corrected chi connectivity index (χ4v) is 1.29. The van der Waals surface area contributed by atoms with Gasteiger partial charge in [0.15, 0.2) is 6.29 Å². The fourth-order valence-electron chi connectivity index (χ4n) is 1.29. The van der Waals surface area contributed by atoms with Crippen LogP contribution in [0.2, 0.25) is 0 Å². The Morgan fingerprint density at radius 2 is 2.07 bits per heavy atom. The molecule has 0 atom stereocenters. The molecule has 0 saturated carbocycles. The largest absolute Gasteiger partial charge is 0.298 e. The molecule has 0 aromatic heterocycles. The Bertz CT molecular complexity index is 356. The minimum Gasteiger partial charge on any atom is -0.298 e. The number of carbonyl (C=O) groups excluding carboxylic acids is 1. The summed E-state index contributed by atoms with van der Waals surface area (Å²) < 4.78 is 0. The number of hydrogen-bond donors (Lipinski definition) is 0. The van der Waals surface area contributed by atoms with Crippen molar-refractivity contribution >= 4 is 6.29 Å². The van der Waals surface area contributed by atoms with Gasteiger partial charge in [-0.3, -0.25) is 4.79 Å². The highest BCUT2D eigenvalue weighted by atomic mass is 16.1. The predicted molar refractivity (Wildman–Crippen MR) is 62.7 cm³/mol. The molecule has 0 radical (unpaired) electrons. The van der Waals surface area contributed by atoms with Crippen LogP contribution in [0, 0.1) is 0 Å². The first-order valence-corrected chi connectivity index (χ1v) is 5.30. The molecule has 0 aliphatic carbocycles. The van der Waals surface area contributed by atoms with E-state index in [9.17, 15) is 4.79 Å². The van der Waals surface area contributed by atoms with Gasteiger partial charge in [0, 0.05) is 12.0 Å². The zero-order chi connectivity index (χ0) is 10.9. The van der Waals surface area contributed by atoms with Crippen LogP contribution in [-0.4, -0.2) is 6.29 Å². The summed E-state index contributed by atoms with van der Waals surface area (Å²) in [6.07, 6.45) is 5.56. The molecule has 1 heteroatoms. The normalized spacial score (nSPS) is 9.13. The molecule has 0 heterocycles. The number of benzene rings is 1. The van der Waals surface area contributed by atoms with E-state index in [1.807, 2.05) is 36.4 Å². The molecule has 15 heavy (non-hydrogen) atoms. The molecule has 1 rings (SSSR count). The molecule has 0 saturated heterocycles. The van der Waals surface area contributed by atoms with E-state index in [-0.39, 0.29) is 0 Å². The van der Waals surface area contributed by atoms with Crippen LogP contribution >= 0.6 is 0 Å². The summed E-state index contributed by atoms with van der Waals surface area (Å²) in [5, 5.41) is 0. The Morgan fingerprint density at radius 3 is 2.67 bits per heavy atom. The maximum Gasteiger partial charge on any atom is 0.154 e. The summed E-state index contributed by atoms with van der Waals surface area (Å²) in [5.74, 6) is 0. The van der Waals surface area contributed by atoms with Crippen LogP contribution < -0.4 is 0 Å². The van der Waals surface area contributed by atoms with Crippen molar-refractivity contribution in [3.8, 4) is 0 Å². The molecule has 0 aliphatic rings. The fraction of sp³-hybridized carbons (Fsp3) is 0.286. The minimum atomic E-state index is 0.671. The number of carbonyl (C=O) groups is 1. The number of unbranched alkanes of at least 4 members (excludes halogenated alkanes) is 1. The highest BCUT2D eigenvalue weighted by Crippen LogP contribution is 2.05. The van der Waals surface area contributed by atoms with Gasteiger partial charge >= 0.3 is 0 Å². The van der Waals surface area contributed by atoms with Gasteiger partial charge < -0.3 is 0 Å². The number of aldehydes is 1. The lowest BCUT2D eigenvalue weighted by molar-refractivity contribution is -0.105. The van der Waals surface area contributed by atoms with Gasteiger partial charge in [-0.05, 0) is 18.1 Å². The molecule has 0 N–H and O–H groups in total. The van der Waals surface area contributed by atoms with Gasteiger partial charge in [0.2, 0.25) is 0 Å². The van der Waals surface area contributed by atoms with Crippen LogP contribution in [0.4, 0.5) is 0 Å². The molecule has 0 spiro atoms. The third-order valence-electron chi connectivity index (χ3n) is 2.10. The Kier molecular flexibility index (Phi) is 5.21. The third kappa shape index (κ3) is 4.44. The minimum absolute atomic E-state index is 0.671. The second kappa shape index (κ2) is 6.80. The first-order valence-electron chi connectivity index (χ1n) is 5.30. The first kappa shape index (κ1) is 11.5. The molecular weight excluding hydrogens is 184 g/mol. The molecule has 1 nitrogen and oxygen atoms in total. The van der Waals surface area contributed by atoms with Gasteiger partial charge in [-0.2, -0.15) is 0 Å². The second-order valence-electron chi connectivity index (χ2n) is 3.44. The van der Waals surface area contributed by atoms with Crippen molar-refractivity contribution in [3.63, 3.8) is 0 Å². The summed E-state index contributed by atoms with van der Waals surface area (Å²) in [7, 11) is 0. The van der Waals surface area contributed by atoms with E-state index >= 15 is 0 Å². The monoisotopic (exact) mass is 200 g/mol. The van der Waals surface area contributed by atoms with E-state index in [4.69, 9.17) is 0 Å². The van der Waals surface area contributed by atoms with Crippen LogP contribution in [0.15, 0.2) is 47.7 Å². The second-order valence-corrected chi connectivity index (χ2v) is 3.44. The van der Waals surface area contributed by atoms with Gasteiger partial charge in [-0.1, -0.05) is 43.7 Å². The number of hydrogen-bond acceptors (Lipinski definition) is 1. The Balaban J connectivity index is 2.70. The quantitative estimate of drug-likeness (QED) is 0.405. The van der Waals surface area contributed by atoms with Crippen LogP contribution in [0.25, 0.3) is 0 Å². The lowest BCUT2D eigenvalue weighted by Gasteiger charge is -1.97. The summed E-state index contributed by atoms with van der Waals surface area (Å²) >= 11 is 0. The van der Waals surface area contributed by atoms with E-state index in [0.717, 1.165) is 30.3 Å². The standard InChI is InChI=1S/C14H16O/c1-2-3-5-10-14(12-15)11-13-8-6-4-7-9-13/h4-9,12H,2-3,11H2,1H3. The SMILES string of the molecule is CCCC=C=C(C=O)Cc1ccccc1. The average Bonchev–Trinajstić information content (AvgIpc) is 2.29. The molecule has 78 valence electrons. The van der Waals surface area contributed by atoms with Gasteiger partial charge in [0.25, 0.3) is 0 Å². The van der Waals surface area contributed by atoms with Gasteiger partial charge in [0.05, 0.1) is 0 Å². The van der Waals surface area contributed by atoms with Crippen molar-refractivity contribution in [2.24, 2.45) is 0 Å². The molecule has 1 aromatic rings. The number of rotatable bonds is 5. The molecule has 1 aromatic carbocycles. The van der Waals surface area contributed by atoms with Crippen molar-refractivity contribution in [2.75, 3.05) is 0 Å². The summed E-state index contributed by atoms with van der Waals surface area (Å²) in [4.78, 5) is 10.8. The summed E-state index contributed by atoms with van der Waals surface area (Å²) in [5.41, 5.74) is 4.91. The lowest BCUT2D eigenvalue weighted by Crippen LogP contribution is -1.89. The molecule has 0 amide bonds. The maximum absolute atomic E-state index is 10.8. The van der Waals surface area contributed by atoms with E-state index in [1.54, 1.807) is 0 Å². The average molecular weight is 200 g/mol. The zero-order valence-electron chi connectivity index (χ0n) is 9.07. The zero-order valence-corrected chi connectivity index (χ0v) is 9.07. The van der Waals surface area contributed by atoms with Crippen molar-refractivity contribution < 1.29 is 4.79 Å². The highest BCUT2D eigenvalue weighted by molar-refractivity contribution is 5.73. The van der Waals surface area contributed by atoms with E-state index in [2.05, 4.69) is 12.7 Å². The van der Waals surface area contributed by atoms with E-state index in [0.29, 0.717) is 6.42 Å². The Labute approximate surface area is 91.1 Å². The van der Waals surface area contributed by atoms with E-state index < -0.39 is 0 Å². The number of allylic oxidation sites excluding steroid dienone is 1. The first-order chi connectivity index (χ1) is 7.36. The van der Waals surface area contributed by atoms with Gasteiger partial charge in [-0.25, -0.2) is 0 Å². The van der Waals surface area contributed by atoms with E-state index in [1.165, 1.54) is 0 Å². The molecule has 0 aliphatic heterocycles. The Hall–Kier alpha value is -1.59. The topological polar surface area (TPSA) is 17.1 Å². The van der Waals surface area contributed by atoms with Crippen molar-refractivity contribution in [1.29, 1.82) is 0 Å².